The van der Waals surface area contributed by atoms with Crippen LogP contribution in [-0.2, 0) is 5.41 Å². The molecule has 0 unspecified atom stereocenters. The Morgan fingerprint density at radius 3 is 1.67 bits per heavy atom. The van der Waals surface area contributed by atoms with Gasteiger partial charge in [0.2, 0.25) is 0 Å². The number of benzene rings is 9. The predicted octanol–water partition coefficient (Wildman–Crippen LogP) is 14.8. The Kier molecular flexibility index (Phi) is 7.56. The topological polar surface area (TPSA) is 3.24 Å². The predicted molar refractivity (Wildman–Crippen MR) is 230 cm³/mol. The van der Waals surface area contributed by atoms with Gasteiger partial charge >= 0.3 is 0 Å². The van der Waals surface area contributed by atoms with Crippen molar-refractivity contribution in [1.29, 1.82) is 0 Å². The molecular weight excluding hydrogens is 651 g/mol. The maximum absolute atomic E-state index is 2.46. The minimum absolute atomic E-state index is 0.0889. The maximum Gasteiger partial charge on any atom is 0.0546 e. The van der Waals surface area contributed by atoms with Crippen molar-refractivity contribution in [3.8, 4) is 44.5 Å². The maximum atomic E-state index is 2.46. The standard InChI is InChI=1S/C53H39N/c1-53(2)47-33-30-41(35-46(47)52-44-23-12-10-18-39(44)29-34-48(52)53)45-24-14-26-50(51(45)40-19-7-4-8-20-40)54(49-25-13-21-38-17-9-11-22-43(38)49)42-31-27-37(28-32-42)36-15-5-3-6-16-36/h3-35H,1-2H3. The van der Waals surface area contributed by atoms with Gasteiger partial charge in [-0.15, -0.1) is 0 Å². The lowest BCUT2D eigenvalue weighted by Gasteiger charge is -2.30. The van der Waals surface area contributed by atoms with Crippen LogP contribution in [0.15, 0.2) is 200 Å². The highest BCUT2D eigenvalue weighted by atomic mass is 15.1. The number of hydrogen-bond donors (Lipinski definition) is 0. The summed E-state index contributed by atoms with van der Waals surface area (Å²) < 4.78 is 0. The minimum atomic E-state index is -0.0889. The van der Waals surface area contributed by atoms with E-state index < -0.39 is 0 Å². The average molecular weight is 690 g/mol. The Hall–Kier alpha value is -6.70. The summed E-state index contributed by atoms with van der Waals surface area (Å²) >= 11 is 0. The Morgan fingerprint density at radius 1 is 0.352 bits per heavy atom. The zero-order valence-electron chi connectivity index (χ0n) is 30.5. The summed E-state index contributed by atoms with van der Waals surface area (Å²) in [6.07, 6.45) is 0. The lowest BCUT2D eigenvalue weighted by atomic mass is 9.81. The smallest absolute Gasteiger partial charge is 0.0546 e. The highest BCUT2D eigenvalue weighted by molar-refractivity contribution is 6.06. The first kappa shape index (κ1) is 32.0. The summed E-state index contributed by atoms with van der Waals surface area (Å²) in [6, 6.07) is 73.4. The van der Waals surface area contributed by atoms with Gasteiger partial charge in [0, 0.05) is 22.1 Å². The van der Waals surface area contributed by atoms with Crippen LogP contribution in [0.5, 0.6) is 0 Å². The molecule has 0 spiro atoms. The molecule has 0 atom stereocenters. The highest BCUT2D eigenvalue weighted by Crippen LogP contribution is 2.53. The molecule has 0 amide bonds. The summed E-state index contributed by atoms with van der Waals surface area (Å²) in [5.74, 6) is 0. The van der Waals surface area contributed by atoms with Gasteiger partial charge in [-0.2, -0.15) is 0 Å². The van der Waals surface area contributed by atoms with E-state index in [1.807, 2.05) is 0 Å². The van der Waals surface area contributed by atoms with E-state index in [9.17, 15) is 0 Å². The molecule has 0 aromatic heterocycles. The highest BCUT2D eigenvalue weighted by Gasteiger charge is 2.36. The van der Waals surface area contributed by atoms with Gasteiger partial charge in [0.15, 0.2) is 0 Å². The van der Waals surface area contributed by atoms with Crippen LogP contribution in [0.3, 0.4) is 0 Å². The van der Waals surface area contributed by atoms with E-state index in [-0.39, 0.29) is 5.41 Å². The molecule has 9 aromatic rings. The lowest BCUT2D eigenvalue weighted by Crippen LogP contribution is -2.14. The zero-order chi connectivity index (χ0) is 36.2. The average Bonchev–Trinajstić information content (AvgIpc) is 3.47. The zero-order valence-corrected chi connectivity index (χ0v) is 30.5. The van der Waals surface area contributed by atoms with Crippen LogP contribution in [0.4, 0.5) is 17.1 Å². The Labute approximate surface area is 317 Å². The van der Waals surface area contributed by atoms with Crippen molar-refractivity contribution in [2.24, 2.45) is 0 Å². The van der Waals surface area contributed by atoms with Gasteiger partial charge < -0.3 is 4.90 Å². The molecule has 9 aromatic carbocycles. The fourth-order valence-electron chi connectivity index (χ4n) is 8.81. The first-order valence-electron chi connectivity index (χ1n) is 18.9. The molecular formula is C53H39N. The number of rotatable bonds is 6. The van der Waals surface area contributed by atoms with Crippen LogP contribution < -0.4 is 4.90 Å². The van der Waals surface area contributed by atoms with Gasteiger partial charge in [-0.3, -0.25) is 0 Å². The van der Waals surface area contributed by atoms with Crippen molar-refractivity contribution in [3.05, 3.63) is 211 Å². The van der Waals surface area contributed by atoms with Crippen molar-refractivity contribution >= 4 is 38.6 Å². The molecule has 1 heteroatoms. The second kappa shape index (κ2) is 12.8. The third-order valence-electron chi connectivity index (χ3n) is 11.5. The summed E-state index contributed by atoms with van der Waals surface area (Å²) in [5.41, 5.74) is 16.0. The molecule has 0 aliphatic heterocycles. The molecule has 1 aliphatic rings. The summed E-state index contributed by atoms with van der Waals surface area (Å²) in [6.45, 7) is 4.74. The van der Waals surface area contributed by atoms with Crippen LogP contribution in [0, 0.1) is 0 Å². The van der Waals surface area contributed by atoms with E-state index in [1.54, 1.807) is 0 Å². The molecule has 0 saturated heterocycles. The summed E-state index contributed by atoms with van der Waals surface area (Å²) in [5, 5.41) is 5.02. The third-order valence-corrected chi connectivity index (χ3v) is 11.5. The first-order valence-corrected chi connectivity index (χ1v) is 18.9. The molecule has 0 N–H and O–H groups in total. The number of anilines is 3. The molecule has 1 aliphatic carbocycles. The molecule has 1 nitrogen and oxygen atoms in total. The van der Waals surface area contributed by atoms with Gasteiger partial charge in [-0.25, -0.2) is 0 Å². The fraction of sp³-hybridized carbons (Fsp3) is 0.0566. The van der Waals surface area contributed by atoms with Crippen molar-refractivity contribution in [1.82, 2.24) is 0 Å². The SMILES string of the molecule is CC1(C)c2ccc(-c3cccc(N(c4ccc(-c5ccccc5)cc4)c4cccc5ccccc45)c3-c3ccccc3)cc2-c2c1ccc1ccccc21. The number of nitrogens with zero attached hydrogens (tertiary/aromatic N) is 1. The van der Waals surface area contributed by atoms with Crippen LogP contribution in [0.1, 0.15) is 25.0 Å². The largest absolute Gasteiger partial charge is 0.309 e. The van der Waals surface area contributed by atoms with Gasteiger partial charge in [0.25, 0.3) is 0 Å². The molecule has 54 heavy (non-hydrogen) atoms. The van der Waals surface area contributed by atoms with E-state index in [0.29, 0.717) is 0 Å². The monoisotopic (exact) mass is 689 g/mol. The second-order valence-corrected chi connectivity index (χ2v) is 14.9. The van der Waals surface area contributed by atoms with Crippen molar-refractivity contribution in [3.63, 3.8) is 0 Å². The Bertz CT molecular complexity index is 2830. The van der Waals surface area contributed by atoms with Crippen molar-refractivity contribution in [2.75, 3.05) is 4.90 Å². The van der Waals surface area contributed by atoms with Gasteiger partial charge in [0.05, 0.1) is 11.4 Å². The summed E-state index contributed by atoms with van der Waals surface area (Å²) in [4.78, 5) is 2.46. The van der Waals surface area contributed by atoms with Gasteiger partial charge in [-0.05, 0) is 96.6 Å². The van der Waals surface area contributed by atoms with Crippen LogP contribution in [-0.4, -0.2) is 0 Å². The van der Waals surface area contributed by atoms with E-state index in [1.165, 1.54) is 77.2 Å². The number of fused-ring (bicyclic) bond motifs is 6. The van der Waals surface area contributed by atoms with Crippen LogP contribution >= 0.6 is 0 Å². The molecule has 256 valence electrons. The van der Waals surface area contributed by atoms with Crippen LogP contribution in [0.2, 0.25) is 0 Å². The fourth-order valence-corrected chi connectivity index (χ4v) is 8.81. The lowest BCUT2D eigenvalue weighted by molar-refractivity contribution is 0.661. The van der Waals surface area contributed by atoms with Crippen molar-refractivity contribution in [2.45, 2.75) is 19.3 Å². The van der Waals surface area contributed by atoms with E-state index in [2.05, 4.69) is 219 Å². The molecule has 10 rings (SSSR count). The number of hydrogen-bond acceptors (Lipinski definition) is 1. The second-order valence-electron chi connectivity index (χ2n) is 14.9. The Balaban J connectivity index is 1.23. The normalized spacial score (nSPS) is 12.8. The molecule has 0 fully saturated rings. The van der Waals surface area contributed by atoms with Crippen molar-refractivity contribution < 1.29 is 0 Å². The first-order chi connectivity index (χ1) is 26.6. The van der Waals surface area contributed by atoms with Gasteiger partial charge in [0.1, 0.15) is 0 Å². The molecule has 0 heterocycles. The summed E-state index contributed by atoms with van der Waals surface area (Å²) in [7, 11) is 0. The third kappa shape index (κ3) is 5.16. The van der Waals surface area contributed by atoms with E-state index in [0.717, 1.165) is 17.1 Å². The minimum Gasteiger partial charge on any atom is -0.309 e. The van der Waals surface area contributed by atoms with Gasteiger partial charge in [-0.1, -0.05) is 184 Å². The quantitative estimate of drug-likeness (QED) is 0.168. The Morgan fingerprint density at radius 2 is 0.907 bits per heavy atom. The van der Waals surface area contributed by atoms with E-state index >= 15 is 0 Å². The molecule has 0 radical (unpaired) electrons. The van der Waals surface area contributed by atoms with E-state index in [4.69, 9.17) is 0 Å². The molecule has 0 bridgehead atoms. The van der Waals surface area contributed by atoms with Crippen LogP contribution in [0.25, 0.3) is 66.1 Å². The molecule has 0 saturated carbocycles.